The quantitative estimate of drug-likeness (QED) is 0.154. The normalized spacial score (nSPS) is 9.63. The molecule has 0 bridgehead atoms. The van der Waals surface area contributed by atoms with Crippen molar-refractivity contribution in [3.05, 3.63) is 84.0 Å². The summed E-state index contributed by atoms with van der Waals surface area (Å²) in [6.45, 7) is 22.7. The van der Waals surface area contributed by atoms with E-state index in [0.29, 0.717) is 0 Å². The van der Waals surface area contributed by atoms with Crippen molar-refractivity contribution >= 4 is 7.12 Å². The van der Waals surface area contributed by atoms with Crippen molar-refractivity contribution in [1.29, 1.82) is 0 Å². The third-order valence-corrected chi connectivity index (χ3v) is 3.99. The molecule has 0 aliphatic heterocycles. The summed E-state index contributed by atoms with van der Waals surface area (Å²) >= 11 is 0. The zero-order valence-electron chi connectivity index (χ0n) is 18.1. The first-order chi connectivity index (χ1) is 13.6. The molecule has 8 nitrogen and oxygen atoms in total. The maximum atomic E-state index is 9.53. The molecule has 0 N–H and O–H groups in total. The second kappa shape index (κ2) is 12.1. The van der Waals surface area contributed by atoms with E-state index in [4.69, 9.17) is 4.65 Å². The zero-order valence-corrected chi connectivity index (χ0v) is 20.5. The molecule has 3 rings (SSSR count). The summed E-state index contributed by atoms with van der Waals surface area (Å²) in [5.41, 5.74) is 6.23. The van der Waals surface area contributed by atoms with Gasteiger partial charge in [-0.05, 0) is 76.8 Å². The second-order valence-corrected chi connectivity index (χ2v) is 6.56. The van der Waals surface area contributed by atoms with Gasteiger partial charge in [0.2, 0.25) is 0 Å². The Morgan fingerprint density at radius 1 is 0.867 bits per heavy atom. The van der Waals surface area contributed by atoms with Crippen LogP contribution in [-0.4, -0.2) is 36.2 Å². The molecule has 0 fully saturated rings. The van der Waals surface area contributed by atoms with E-state index >= 15 is 0 Å². The molecule has 10 heteroatoms. The van der Waals surface area contributed by atoms with Gasteiger partial charge in [-0.25, -0.2) is 15.3 Å². The smallest absolute Gasteiger partial charge is 3.00 e. The van der Waals surface area contributed by atoms with Crippen molar-refractivity contribution in [2.45, 2.75) is 41.5 Å². The van der Waals surface area contributed by atoms with Crippen molar-refractivity contribution in [3.63, 3.8) is 0 Å². The standard InChI is InChI=1S/C15H21BN6.C4H5O.CO.Ir/c1-10-7-13(4)20(17-10)16(21-14(5)8-11(2)18-21)22-15(6)9-12(3)19-22;1-3-4(2)5;1-2;/h7-9H,1-6H3;5H,1-2H2;;/q2*-1;;+3/p-1. The van der Waals surface area contributed by atoms with Gasteiger partial charge in [-0.2, -0.15) is 6.58 Å². The average Bonchev–Trinajstić information content (AvgIpc) is 3.28. The molecule has 0 unspecified atom stereocenters. The first kappa shape index (κ1) is 27.4. The number of aromatic nitrogens is 6. The topological polar surface area (TPSA) is 96.4 Å². The molecular weight excluding hydrogens is 559 g/mol. The number of aryl methyl sites for hydroxylation is 6. The molecule has 0 aliphatic carbocycles. The molecule has 3 aromatic heterocycles. The van der Waals surface area contributed by atoms with Crippen molar-refractivity contribution in [1.82, 2.24) is 29.1 Å². The maximum Gasteiger partial charge on any atom is 3.00 e. The number of rotatable bonds is 4. The van der Waals surface area contributed by atoms with Gasteiger partial charge in [0.25, 0.3) is 7.12 Å². The maximum absolute atomic E-state index is 9.53. The van der Waals surface area contributed by atoms with Gasteiger partial charge in [0.15, 0.2) is 0 Å². The average molecular weight is 584 g/mol. The number of hydrogen-bond acceptors (Lipinski definition) is 4. The van der Waals surface area contributed by atoms with Crippen molar-refractivity contribution in [2.24, 2.45) is 0 Å². The van der Waals surface area contributed by atoms with Crippen molar-refractivity contribution < 1.29 is 29.9 Å². The minimum absolute atomic E-state index is 0. The minimum Gasteiger partial charge on any atom is 3.00 e. The Hall–Kier alpha value is -2.64. The van der Waals surface area contributed by atoms with Crippen molar-refractivity contribution in [3.8, 4) is 0 Å². The van der Waals surface area contributed by atoms with E-state index < -0.39 is 0 Å². The molecule has 159 valence electrons. The van der Waals surface area contributed by atoms with Gasteiger partial charge in [-0.3, -0.25) is 12.7 Å². The van der Waals surface area contributed by atoms with Crippen LogP contribution in [0.2, 0.25) is 0 Å². The fraction of sp³-hybridized carbons (Fsp3) is 0.300. The van der Waals surface area contributed by atoms with Crippen LogP contribution in [0.4, 0.5) is 0 Å². The van der Waals surface area contributed by atoms with Crippen LogP contribution < -0.4 is 5.11 Å². The molecule has 0 saturated carbocycles. The molecule has 0 saturated heterocycles. The van der Waals surface area contributed by atoms with Crippen LogP contribution in [0.25, 0.3) is 0 Å². The third-order valence-electron chi connectivity index (χ3n) is 3.99. The van der Waals surface area contributed by atoms with Gasteiger partial charge in [0, 0.05) is 0 Å². The summed E-state index contributed by atoms with van der Waals surface area (Å²) in [4.78, 5) is 0. The molecule has 0 aromatic carbocycles. The Kier molecular flexibility index (Phi) is 11.1. The van der Waals surface area contributed by atoms with Gasteiger partial charge in [-0.15, -0.1) is 0 Å². The summed E-state index contributed by atoms with van der Waals surface area (Å²) in [6, 6.07) is 6.22. The summed E-state index contributed by atoms with van der Waals surface area (Å²) in [7, 11) is -0.226. The van der Waals surface area contributed by atoms with E-state index in [9.17, 15) is 5.11 Å². The second-order valence-electron chi connectivity index (χ2n) is 6.56. The van der Waals surface area contributed by atoms with Crippen LogP contribution in [0, 0.1) is 54.3 Å². The molecule has 1 radical (unpaired) electrons. The van der Waals surface area contributed by atoms with Crippen LogP contribution >= 0.6 is 0 Å². The van der Waals surface area contributed by atoms with E-state index in [0.717, 1.165) is 34.2 Å². The van der Waals surface area contributed by atoms with Crippen LogP contribution in [0.3, 0.4) is 0 Å². The van der Waals surface area contributed by atoms with E-state index in [-0.39, 0.29) is 33.0 Å². The van der Waals surface area contributed by atoms with E-state index in [2.05, 4.69) is 74.1 Å². The first-order valence-electron chi connectivity index (χ1n) is 8.81. The predicted molar refractivity (Wildman–Crippen MR) is 109 cm³/mol. The Balaban J connectivity index is 0.000000927. The molecule has 3 aromatic rings. The molecule has 3 heterocycles. The summed E-state index contributed by atoms with van der Waals surface area (Å²) < 4.78 is 13.4. The summed E-state index contributed by atoms with van der Waals surface area (Å²) in [5, 5.41) is 23.5. The Morgan fingerprint density at radius 2 is 1.10 bits per heavy atom. The zero-order chi connectivity index (χ0) is 22.3. The molecular formula is C20H25BIrN6O2. The monoisotopic (exact) mass is 585 g/mol. The summed E-state index contributed by atoms with van der Waals surface area (Å²) in [6.07, 6.45) is 2.03. The molecule has 0 aliphatic rings. The molecule has 0 spiro atoms. The Bertz CT molecular complexity index is 908. The van der Waals surface area contributed by atoms with E-state index in [1.165, 1.54) is 0 Å². The summed E-state index contributed by atoms with van der Waals surface area (Å²) in [5.74, 6) is -0.356. The van der Waals surface area contributed by atoms with Gasteiger partial charge in [0.05, 0.1) is 17.1 Å². The van der Waals surface area contributed by atoms with Gasteiger partial charge in [0.1, 0.15) is 0 Å². The Morgan fingerprint density at radius 3 is 1.23 bits per heavy atom. The van der Waals surface area contributed by atoms with Crippen LogP contribution in [0.15, 0.2) is 37.1 Å². The first-order valence-corrected chi connectivity index (χ1v) is 8.81. The molecule has 0 amide bonds. The SMILES string of the molecule is C=[C-]C(=C)[O-].Cc1cc(C)n([B-](n2nc(C)cc2C)n2nc(C)cc2C)n1.[C-]#[O+].[Ir+3]. The van der Waals surface area contributed by atoms with Gasteiger partial charge in [-0.1, -0.05) is 0 Å². The van der Waals surface area contributed by atoms with Crippen molar-refractivity contribution in [2.75, 3.05) is 0 Å². The van der Waals surface area contributed by atoms with Gasteiger partial charge >= 0.3 is 31.4 Å². The van der Waals surface area contributed by atoms with E-state index in [1.54, 1.807) is 0 Å². The molecule has 30 heavy (non-hydrogen) atoms. The van der Waals surface area contributed by atoms with Crippen LogP contribution in [0.1, 0.15) is 34.2 Å². The fourth-order valence-corrected chi connectivity index (χ4v) is 2.95. The third kappa shape index (κ3) is 6.71. The van der Waals surface area contributed by atoms with Crippen LogP contribution in [-0.2, 0) is 24.8 Å². The molecule has 0 atom stereocenters. The minimum atomic E-state index is -0.356. The van der Waals surface area contributed by atoms with E-state index in [1.807, 2.05) is 40.6 Å². The number of hydrogen-bond donors (Lipinski definition) is 0. The largest absolute Gasteiger partial charge is 3.00 e. The fourth-order valence-electron chi connectivity index (χ4n) is 2.95. The predicted octanol–water partition coefficient (Wildman–Crippen LogP) is 1.87. The number of nitrogens with zero attached hydrogens (tertiary/aromatic N) is 6. The Labute approximate surface area is 191 Å². The van der Waals surface area contributed by atoms with Gasteiger partial charge < -0.3 is 24.6 Å². The number of allylic oxidation sites excluding steroid dienone is 1. The van der Waals surface area contributed by atoms with Crippen LogP contribution in [0.5, 0.6) is 0 Å².